The average molecular weight is 417 g/mol. The van der Waals surface area contributed by atoms with Crippen molar-refractivity contribution in [2.45, 2.75) is 84.0 Å². The van der Waals surface area contributed by atoms with E-state index in [1.54, 1.807) is 0 Å². The van der Waals surface area contributed by atoms with E-state index in [0.29, 0.717) is 31.5 Å². The van der Waals surface area contributed by atoms with Gasteiger partial charge >= 0.3 is 7.67 Å². The zero-order chi connectivity index (χ0) is 18.6. The van der Waals surface area contributed by atoms with E-state index in [1.807, 2.05) is 0 Å². The van der Waals surface area contributed by atoms with Crippen molar-refractivity contribution in [1.29, 1.82) is 0 Å². The molecule has 0 aromatic heterocycles. The van der Waals surface area contributed by atoms with Crippen LogP contribution in [0.2, 0.25) is 0 Å². The lowest BCUT2D eigenvalue weighted by Gasteiger charge is -2.19. The van der Waals surface area contributed by atoms with Gasteiger partial charge in [0.05, 0.1) is 6.61 Å². The topological polar surface area (TPSA) is 50.4 Å². The minimum Gasteiger partial charge on any atom is -0.306 e. The highest BCUT2D eigenvalue weighted by molar-refractivity contribution is 7.54. The standard InChI is InChI=1S/C18H39Cl2N2O2P/c1-2-3-4-5-6-7-8-9-10-11-12-13-18-24-25(23,21-16-14-19)22-17-15-20/h2-18H2,1H3,(H2,21,22,23). The quantitative estimate of drug-likeness (QED) is 0.135. The first-order valence-corrected chi connectivity index (χ1v) is 12.7. The molecule has 0 unspecified atom stereocenters. The molecule has 4 nitrogen and oxygen atoms in total. The van der Waals surface area contributed by atoms with Crippen LogP contribution in [0, 0.1) is 0 Å². The fourth-order valence-corrected chi connectivity index (χ4v) is 4.61. The van der Waals surface area contributed by atoms with Gasteiger partial charge in [0, 0.05) is 24.8 Å². The van der Waals surface area contributed by atoms with E-state index in [2.05, 4.69) is 17.1 Å². The third kappa shape index (κ3) is 17.8. The molecule has 0 saturated heterocycles. The SMILES string of the molecule is CCCCCCCCCCCCCCOP(=O)(NCCCl)NCCCl. The van der Waals surface area contributed by atoms with E-state index in [4.69, 9.17) is 27.7 Å². The van der Waals surface area contributed by atoms with Crippen LogP contribution in [0.1, 0.15) is 84.0 Å². The first kappa shape index (κ1) is 25.7. The Morgan fingerprint density at radius 3 is 1.52 bits per heavy atom. The molecule has 0 heterocycles. The van der Waals surface area contributed by atoms with Gasteiger partial charge in [0.1, 0.15) is 0 Å². The van der Waals surface area contributed by atoms with Gasteiger partial charge in [-0.1, -0.05) is 77.6 Å². The molecule has 0 aliphatic rings. The predicted octanol–water partition coefficient (Wildman–Crippen LogP) is 6.47. The van der Waals surface area contributed by atoms with Gasteiger partial charge in [-0.25, -0.2) is 10.2 Å². The molecular formula is C18H39Cl2N2O2P. The third-order valence-electron chi connectivity index (χ3n) is 4.10. The lowest BCUT2D eigenvalue weighted by Crippen LogP contribution is -2.27. The van der Waals surface area contributed by atoms with Crippen molar-refractivity contribution >= 4 is 30.9 Å². The number of rotatable bonds is 20. The number of nitrogens with one attached hydrogen (secondary N) is 2. The van der Waals surface area contributed by atoms with Crippen LogP contribution in [-0.4, -0.2) is 31.5 Å². The molecule has 0 saturated carbocycles. The summed E-state index contributed by atoms with van der Waals surface area (Å²) in [6.07, 6.45) is 15.6. The fraction of sp³-hybridized carbons (Fsp3) is 1.00. The molecule has 0 aliphatic carbocycles. The fourth-order valence-electron chi connectivity index (χ4n) is 2.66. The molecule has 152 valence electrons. The second-order valence-corrected chi connectivity index (χ2v) is 9.22. The van der Waals surface area contributed by atoms with E-state index < -0.39 is 7.67 Å². The summed E-state index contributed by atoms with van der Waals surface area (Å²) in [6.45, 7) is 3.66. The summed E-state index contributed by atoms with van der Waals surface area (Å²) < 4.78 is 18.0. The molecule has 25 heavy (non-hydrogen) atoms. The maximum absolute atomic E-state index is 12.5. The third-order valence-corrected chi connectivity index (χ3v) is 6.30. The van der Waals surface area contributed by atoms with Gasteiger partial charge in [-0.2, -0.15) is 0 Å². The van der Waals surface area contributed by atoms with Gasteiger partial charge in [-0.05, 0) is 6.42 Å². The van der Waals surface area contributed by atoms with Crippen LogP contribution < -0.4 is 10.2 Å². The Hall–Kier alpha value is 0.690. The van der Waals surface area contributed by atoms with E-state index in [-0.39, 0.29) is 0 Å². The van der Waals surface area contributed by atoms with E-state index >= 15 is 0 Å². The van der Waals surface area contributed by atoms with Crippen molar-refractivity contribution in [1.82, 2.24) is 10.2 Å². The number of hydrogen-bond donors (Lipinski definition) is 2. The normalized spacial score (nSPS) is 12.0. The molecule has 0 aromatic carbocycles. The smallest absolute Gasteiger partial charge is 0.306 e. The number of hydrogen-bond acceptors (Lipinski definition) is 2. The molecule has 0 atom stereocenters. The van der Waals surface area contributed by atoms with Crippen LogP contribution in [0.4, 0.5) is 0 Å². The van der Waals surface area contributed by atoms with Crippen molar-refractivity contribution in [3.05, 3.63) is 0 Å². The van der Waals surface area contributed by atoms with Crippen LogP contribution in [0.3, 0.4) is 0 Å². The van der Waals surface area contributed by atoms with Crippen LogP contribution in [0.25, 0.3) is 0 Å². The maximum Gasteiger partial charge on any atom is 0.340 e. The summed E-state index contributed by atoms with van der Waals surface area (Å²) in [5.74, 6) is 0.795. The molecule has 0 aliphatic heterocycles. The number of alkyl halides is 2. The molecule has 0 radical (unpaired) electrons. The first-order chi connectivity index (χ1) is 12.2. The van der Waals surface area contributed by atoms with E-state index in [9.17, 15) is 4.57 Å². The molecule has 2 N–H and O–H groups in total. The lowest BCUT2D eigenvalue weighted by molar-refractivity contribution is 0.288. The Balaban J connectivity index is 3.49. The van der Waals surface area contributed by atoms with Crippen molar-refractivity contribution in [2.75, 3.05) is 31.5 Å². The van der Waals surface area contributed by atoms with Crippen LogP contribution >= 0.6 is 30.9 Å². The molecule has 7 heteroatoms. The monoisotopic (exact) mass is 416 g/mol. The van der Waals surface area contributed by atoms with Crippen LogP contribution in [0.5, 0.6) is 0 Å². The Kier molecular flexibility index (Phi) is 20.0. The average Bonchev–Trinajstić information content (AvgIpc) is 2.62. The Bertz CT molecular complexity index is 311. The van der Waals surface area contributed by atoms with Crippen molar-refractivity contribution in [3.8, 4) is 0 Å². The Morgan fingerprint density at radius 1 is 0.720 bits per heavy atom. The highest BCUT2D eigenvalue weighted by Crippen LogP contribution is 2.37. The van der Waals surface area contributed by atoms with Gasteiger partial charge in [-0.3, -0.25) is 4.57 Å². The zero-order valence-electron chi connectivity index (χ0n) is 16.0. The molecular weight excluding hydrogens is 378 g/mol. The molecule has 0 amide bonds. The van der Waals surface area contributed by atoms with Gasteiger partial charge in [0.25, 0.3) is 0 Å². The molecule has 0 spiro atoms. The second-order valence-electron chi connectivity index (χ2n) is 6.47. The van der Waals surface area contributed by atoms with Gasteiger partial charge in [0.15, 0.2) is 0 Å². The summed E-state index contributed by atoms with van der Waals surface area (Å²) in [5.41, 5.74) is 0. The summed E-state index contributed by atoms with van der Waals surface area (Å²) >= 11 is 11.3. The minimum absolute atomic E-state index is 0.397. The van der Waals surface area contributed by atoms with Crippen molar-refractivity contribution in [3.63, 3.8) is 0 Å². The van der Waals surface area contributed by atoms with Gasteiger partial charge in [-0.15, -0.1) is 23.2 Å². The first-order valence-electron chi connectivity index (χ1n) is 10.0. The maximum atomic E-state index is 12.5. The number of unbranched alkanes of at least 4 members (excludes halogenated alkanes) is 11. The second kappa shape index (κ2) is 19.5. The van der Waals surface area contributed by atoms with Crippen LogP contribution in [-0.2, 0) is 9.09 Å². The van der Waals surface area contributed by atoms with Crippen molar-refractivity contribution < 1.29 is 9.09 Å². The molecule has 0 bridgehead atoms. The zero-order valence-corrected chi connectivity index (χ0v) is 18.4. The largest absolute Gasteiger partial charge is 0.340 e. The lowest BCUT2D eigenvalue weighted by atomic mass is 10.1. The molecule has 0 aromatic rings. The number of halogens is 2. The summed E-state index contributed by atoms with van der Waals surface area (Å²) in [4.78, 5) is 0. The molecule has 0 fully saturated rings. The highest BCUT2D eigenvalue weighted by atomic mass is 35.5. The predicted molar refractivity (Wildman–Crippen MR) is 112 cm³/mol. The Morgan fingerprint density at radius 2 is 1.12 bits per heavy atom. The van der Waals surface area contributed by atoms with E-state index in [1.165, 1.54) is 64.2 Å². The van der Waals surface area contributed by atoms with Gasteiger partial charge < -0.3 is 4.52 Å². The Labute approximate surface area is 165 Å². The van der Waals surface area contributed by atoms with Crippen molar-refractivity contribution in [2.24, 2.45) is 0 Å². The van der Waals surface area contributed by atoms with Crippen LogP contribution in [0.15, 0.2) is 0 Å². The summed E-state index contributed by atoms with van der Waals surface area (Å²) in [6, 6.07) is 0. The minimum atomic E-state index is -3.00. The van der Waals surface area contributed by atoms with E-state index in [0.717, 1.165) is 12.8 Å². The summed E-state index contributed by atoms with van der Waals surface area (Å²) in [5, 5.41) is 5.71. The summed E-state index contributed by atoms with van der Waals surface area (Å²) in [7, 11) is -3.00. The highest BCUT2D eigenvalue weighted by Gasteiger charge is 2.20. The van der Waals surface area contributed by atoms with Gasteiger partial charge in [0.2, 0.25) is 0 Å². The molecule has 0 rings (SSSR count).